The molecule has 2 aromatic rings. The lowest BCUT2D eigenvalue weighted by molar-refractivity contribution is -0.116. The predicted molar refractivity (Wildman–Crippen MR) is 109 cm³/mol. The van der Waals surface area contributed by atoms with Crippen LogP contribution in [0.3, 0.4) is 0 Å². The second kappa shape index (κ2) is 9.64. The van der Waals surface area contributed by atoms with E-state index in [-0.39, 0.29) is 17.7 Å². The largest absolute Gasteiger partial charge is 0.493 e. The predicted octanol–water partition coefficient (Wildman–Crippen LogP) is 3.95. The molecule has 0 fully saturated rings. The molecule has 2 rings (SSSR count). The average molecular weight is 386 g/mol. The second-order valence-corrected chi connectivity index (χ2v) is 6.59. The number of amides is 2. The minimum atomic E-state index is -0.323. The van der Waals surface area contributed by atoms with E-state index in [9.17, 15) is 9.59 Å². The quantitative estimate of drug-likeness (QED) is 0.717. The molecule has 0 saturated carbocycles. The van der Waals surface area contributed by atoms with Gasteiger partial charge in [-0.3, -0.25) is 9.59 Å². The van der Waals surface area contributed by atoms with Gasteiger partial charge in [0.25, 0.3) is 5.91 Å². The molecular formula is C21H26N2O5. The summed E-state index contributed by atoms with van der Waals surface area (Å²) in [5.74, 6) is 1.14. The Balaban J connectivity index is 2.11. The first-order valence-electron chi connectivity index (χ1n) is 8.89. The van der Waals surface area contributed by atoms with E-state index in [2.05, 4.69) is 10.6 Å². The highest BCUT2D eigenvalue weighted by molar-refractivity contribution is 6.05. The molecule has 0 aliphatic carbocycles. The normalized spacial score (nSPS) is 10.4. The Morgan fingerprint density at radius 2 is 1.36 bits per heavy atom. The van der Waals surface area contributed by atoms with Gasteiger partial charge >= 0.3 is 0 Å². The van der Waals surface area contributed by atoms with Gasteiger partial charge in [0.05, 0.1) is 21.3 Å². The molecule has 7 nitrogen and oxygen atoms in total. The standard InChI is InChI=1S/C21H26N2O5/c1-13(2)10-19(24)22-15-6-8-16(9-7-15)23-21(25)14-11-17(26-3)20(28-5)18(12-14)27-4/h6-9,11-13H,10H2,1-5H3,(H,22,24)(H,23,25). The summed E-state index contributed by atoms with van der Waals surface area (Å²) >= 11 is 0. The third kappa shape index (κ3) is 5.39. The lowest BCUT2D eigenvalue weighted by Gasteiger charge is -2.14. The van der Waals surface area contributed by atoms with Crippen LogP contribution in [0.15, 0.2) is 36.4 Å². The summed E-state index contributed by atoms with van der Waals surface area (Å²) < 4.78 is 15.8. The van der Waals surface area contributed by atoms with Crippen LogP contribution in [0.2, 0.25) is 0 Å². The Labute approximate surface area is 165 Å². The summed E-state index contributed by atoms with van der Waals surface area (Å²) in [5, 5.41) is 5.64. The van der Waals surface area contributed by atoms with Gasteiger partial charge in [0.1, 0.15) is 0 Å². The number of benzene rings is 2. The van der Waals surface area contributed by atoms with Gasteiger partial charge in [-0.2, -0.15) is 0 Å². The maximum atomic E-state index is 12.6. The zero-order valence-corrected chi connectivity index (χ0v) is 16.8. The third-order valence-corrected chi connectivity index (χ3v) is 3.95. The van der Waals surface area contributed by atoms with Gasteiger partial charge < -0.3 is 24.8 Å². The summed E-state index contributed by atoms with van der Waals surface area (Å²) in [4.78, 5) is 24.4. The minimum Gasteiger partial charge on any atom is -0.493 e. The van der Waals surface area contributed by atoms with E-state index in [1.165, 1.54) is 21.3 Å². The Bertz CT molecular complexity index is 806. The molecule has 0 unspecified atom stereocenters. The van der Waals surface area contributed by atoms with E-state index in [4.69, 9.17) is 14.2 Å². The topological polar surface area (TPSA) is 85.9 Å². The molecule has 2 N–H and O–H groups in total. The van der Waals surface area contributed by atoms with Gasteiger partial charge in [-0.05, 0) is 42.3 Å². The van der Waals surface area contributed by atoms with Crippen LogP contribution >= 0.6 is 0 Å². The van der Waals surface area contributed by atoms with Crippen molar-refractivity contribution in [3.8, 4) is 17.2 Å². The van der Waals surface area contributed by atoms with Crippen LogP contribution in [0.1, 0.15) is 30.6 Å². The van der Waals surface area contributed by atoms with E-state index in [0.29, 0.717) is 40.6 Å². The molecule has 2 amide bonds. The molecule has 28 heavy (non-hydrogen) atoms. The van der Waals surface area contributed by atoms with Crippen molar-refractivity contribution in [2.24, 2.45) is 5.92 Å². The van der Waals surface area contributed by atoms with E-state index >= 15 is 0 Å². The fourth-order valence-corrected chi connectivity index (χ4v) is 2.64. The van der Waals surface area contributed by atoms with E-state index in [1.807, 2.05) is 13.8 Å². The Morgan fingerprint density at radius 1 is 0.857 bits per heavy atom. The van der Waals surface area contributed by atoms with Crippen LogP contribution in [-0.2, 0) is 4.79 Å². The smallest absolute Gasteiger partial charge is 0.255 e. The van der Waals surface area contributed by atoms with Gasteiger partial charge in [-0.15, -0.1) is 0 Å². The molecule has 0 spiro atoms. The van der Waals surface area contributed by atoms with Crippen LogP contribution in [-0.4, -0.2) is 33.1 Å². The average Bonchev–Trinajstić information content (AvgIpc) is 2.67. The fourth-order valence-electron chi connectivity index (χ4n) is 2.64. The highest BCUT2D eigenvalue weighted by Gasteiger charge is 2.17. The van der Waals surface area contributed by atoms with E-state index < -0.39 is 0 Å². The van der Waals surface area contributed by atoms with Crippen molar-refractivity contribution >= 4 is 23.2 Å². The number of methoxy groups -OCH3 is 3. The Hall–Kier alpha value is -3.22. The van der Waals surface area contributed by atoms with Gasteiger partial charge in [-0.25, -0.2) is 0 Å². The van der Waals surface area contributed by atoms with Gasteiger partial charge in [-0.1, -0.05) is 13.8 Å². The van der Waals surface area contributed by atoms with Crippen LogP contribution in [0.25, 0.3) is 0 Å². The highest BCUT2D eigenvalue weighted by atomic mass is 16.5. The molecule has 0 atom stereocenters. The molecule has 0 aromatic heterocycles. The summed E-state index contributed by atoms with van der Waals surface area (Å²) in [5.41, 5.74) is 1.64. The zero-order valence-electron chi connectivity index (χ0n) is 16.8. The number of carbonyl (C=O) groups is 2. The van der Waals surface area contributed by atoms with Crippen molar-refractivity contribution in [2.75, 3.05) is 32.0 Å². The molecule has 0 bridgehead atoms. The van der Waals surface area contributed by atoms with Crippen molar-refractivity contribution < 1.29 is 23.8 Å². The number of rotatable bonds is 8. The maximum Gasteiger partial charge on any atom is 0.255 e. The first kappa shape index (κ1) is 21.1. The molecule has 0 saturated heterocycles. The number of hydrogen-bond acceptors (Lipinski definition) is 5. The molecule has 2 aromatic carbocycles. The fraction of sp³-hybridized carbons (Fsp3) is 0.333. The SMILES string of the molecule is COc1cc(C(=O)Nc2ccc(NC(=O)CC(C)C)cc2)cc(OC)c1OC. The number of anilines is 2. The molecule has 0 heterocycles. The Morgan fingerprint density at radius 3 is 1.79 bits per heavy atom. The third-order valence-electron chi connectivity index (χ3n) is 3.95. The maximum absolute atomic E-state index is 12.6. The van der Waals surface area contributed by atoms with E-state index in [1.54, 1.807) is 36.4 Å². The van der Waals surface area contributed by atoms with Crippen LogP contribution in [0.5, 0.6) is 17.2 Å². The molecule has 0 radical (unpaired) electrons. The summed E-state index contributed by atoms with van der Waals surface area (Å²) in [6.45, 7) is 3.97. The van der Waals surface area contributed by atoms with Crippen molar-refractivity contribution in [3.63, 3.8) is 0 Å². The molecule has 7 heteroatoms. The van der Waals surface area contributed by atoms with Gasteiger partial charge in [0.2, 0.25) is 11.7 Å². The highest BCUT2D eigenvalue weighted by Crippen LogP contribution is 2.38. The van der Waals surface area contributed by atoms with Crippen molar-refractivity contribution in [1.29, 1.82) is 0 Å². The molecule has 150 valence electrons. The van der Waals surface area contributed by atoms with Crippen molar-refractivity contribution in [3.05, 3.63) is 42.0 Å². The van der Waals surface area contributed by atoms with Crippen molar-refractivity contribution in [2.45, 2.75) is 20.3 Å². The van der Waals surface area contributed by atoms with Crippen LogP contribution in [0, 0.1) is 5.92 Å². The zero-order chi connectivity index (χ0) is 20.7. The number of carbonyl (C=O) groups excluding carboxylic acids is 2. The molecule has 0 aliphatic heterocycles. The molecular weight excluding hydrogens is 360 g/mol. The summed E-state index contributed by atoms with van der Waals surface area (Å²) in [6.07, 6.45) is 0.458. The first-order chi connectivity index (χ1) is 13.4. The Kier molecular flexibility index (Phi) is 7.26. The summed E-state index contributed by atoms with van der Waals surface area (Å²) in [6, 6.07) is 10.1. The minimum absolute atomic E-state index is 0.0378. The van der Waals surface area contributed by atoms with E-state index in [0.717, 1.165) is 0 Å². The number of ether oxygens (including phenoxy) is 3. The van der Waals surface area contributed by atoms with Gasteiger partial charge in [0, 0.05) is 23.4 Å². The molecule has 0 aliphatic rings. The van der Waals surface area contributed by atoms with Gasteiger partial charge in [0.15, 0.2) is 11.5 Å². The monoisotopic (exact) mass is 386 g/mol. The first-order valence-corrected chi connectivity index (χ1v) is 8.89. The number of hydrogen-bond donors (Lipinski definition) is 2. The number of nitrogens with one attached hydrogen (secondary N) is 2. The van der Waals surface area contributed by atoms with Crippen LogP contribution < -0.4 is 24.8 Å². The lowest BCUT2D eigenvalue weighted by atomic mass is 10.1. The lowest BCUT2D eigenvalue weighted by Crippen LogP contribution is -2.14. The second-order valence-electron chi connectivity index (χ2n) is 6.59. The van der Waals surface area contributed by atoms with Crippen LogP contribution in [0.4, 0.5) is 11.4 Å². The summed E-state index contributed by atoms with van der Waals surface area (Å²) in [7, 11) is 4.48. The van der Waals surface area contributed by atoms with Crippen molar-refractivity contribution in [1.82, 2.24) is 0 Å².